The minimum atomic E-state index is -0.493. The van der Waals surface area contributed by atoms with E-state index in [1.54, 1.807) is 12.1 Å². The lowest BCUT2D eigenvalue weighted by atomic mass is 10.2. The van der Waals surface area contributed by atoms with Crippen molar-refractivity contribution in [3.05, 3.63) is 45.3 Å². The average molecular weight is 294 g/mol. The Morgan fingerprint density at radius 1 is 1.50 bits per heavy atom. The predicted octanol–water partition coefficient (Wildman–Crippen LogP) is 3.16. The molecule has 1 saturated carbocycles. The minimum Gasteiger partial charge on any atom is -0.444 e. The molecule has 0 atom stereocenters. The maximum absolute atomic E-state index is 11.0. The molecule has 0 bridgehead atoms. The minimum absolute atomic E-state index is 0.110. The van der Waals surface area contributed by atoms with Crippen molar-refractivity contribution < 1.29 is 9.34 Å². The second kappa shape index (κ2) is 5.22. The first-order valence-corrected chi connectivity index (χ1v) is 6.63. The van der Waals surface area contributed by atoms with Crippen molar-refractivity contribution in [2.24, 2.45) is 0 Å². The van der Waals surface area contributed by atoms with Gasteiger partial charge in [0.15, 0.2) is 0 Å². The second-order valence-corrected chi connectivity index (χ2v) is 5.15. The highest BCUT2D eigenvalue weighted by Crippen LogP contribution is 2.31. The number of rotatable bonds is 5. The van der Waals surface area contributed by atoms with Gasteiger partial charge < -0.3 is 9.73 Å². The molecule has 104 valence electrons. The molecule has 20 heavy (non-hydrogen) atoms. The smallest absolute Gasteiger partial charge is 0.283 e. The van der Waals surface area contributed by atoms with Crippen LogP contribution in [-0.4, -0.2) is 15.9 Å². The lowest BCUT2D eigenvalue weighted by Crippen LogP contribution is -2.15. The lowest BCUT2D eigenvalue weighted by Gasteiger charge is -1.99. The van der Waals surface area contributed by atoms with Gasteiger partial charge in [-0.05, 0) is 25.0 Å². The molecule has 2 aromatic rings. The van der Waals surface area contributed by atoms with Crippen LogP contribution in [0.5, 0.6) is 0 Å². The monoisotopic (exact) mass is 293 g/mol. The quantitative estimate of drug-likeness (QED) is 0.676. The largest absolute Gasteiger partial charge is 0.444 e. The Balaban J connectivity index is 1.86. The van der Waals surface area contributed by atoms with E-state index in [0.717, 1.165) is 5.69 Å². The zero-order valence-electron chi connectivity index (χ0n) is 10.5. The van der Waals surface area contributed by atoms with Gasteiger partial charge in [-0.25, -0.2) is 4.98 Å². The molecular formula is C13H12ClN3O3. The van der Waals surface area contributed by atoms with E-state index in [4.69, 9.17) is 16.0 Å². The van der Waals surface area contributed by atoms with E-state index in [2.05, 4.69) is 10.3 Å². The molecule has 1 N–H and O–H groups in total. The van der Waals surface area contributed by atoms with E-state index in [1.165, 1.54) is 25.2 Å². The summed E-state index contributed by atoms with van der Waals surface area (Å²) >= 11 is 5.78. The van der Waals surface area contributed by atoms with Crippen LogP contribution < -0.4 is 5.32 Å². The first kappa shape index (κ1) is 13.1. The van der Waals surface area contributed by atoms with Gasteiger partial charge in [0, 0.05) is 23.7 Å². The van der Waals surface area contributed by atoms with Crippen molar-refractivity contribution in [2.75, 3.05) is 0 Å². The van der Waals surface area contributed by atoms with Gasteiger partial charge in [0.25, 0.3) is 5.69 Å². The second-order valence-electron chi connectivity index (χ2n) is 4.72. The standard InChI is InChI=1S/C13H12ClN3O3/c14-8-1-4-11(12(5-8)17(18)19)13-16-10(7-20-13)6-15-9-2-3-9/h1,4-5,7,9,15H,2-3,6H2. The Labute approximate surface area is 119 Å². The van der Waals surface area contributed by atoms with E-state index in [-0.39, 0.29) is 11.6 Å². The lowest BCUT2D eigenvalue weighted by molar-refractivity contribution is -0.384. The fraction of sp³-hybridized carbons (Fsp3) is 0.308. The Morgan fingerprint density at radius 2 is 2.30 bits per heavy atom. The normalized spacial score (nSPS) is 14.4. The van der Waals surface area contributed by atoms with E-state index in [9.17, 15) is 10.1 Å². The molecule has 1 heterocycles. The van der Waals surface area contributed by atoms with Crippen LogP contribution in [-0.2, 0) is 6.54 Å². The number of hydrogen-bond acceptors (Lipinski definition) is 5. The highest BCUT2D eigenvalue weighted by molar-refractivity contribution is 6.30. The summed E-state index contributed by atoms with van der Waals surface area (Å²) in [6, 6.07) is 4.99. The fourth-order valence-electron chi connectivity index (χ4n) is 1.88. The highest BCUT2D eigenvalue weighted by Gasteiger charge is 2.22. The van der Waals surface area contributed by atoms with Gasteiger partial charge in [0.1, 0.15) is 11.8 Å². The SMILES string of the molecule is O=[N+]([O-])c1cc(Cl)ccc1-c1nc(CNC2CC2)co1. The van der Waals surface area contributed by atoms with Gasteiger partial charge in [-0.3, -0.25) is 10.1 Å². The third kappa shape index (κ3) is 2.81. The molecule has 0 radical (unpaired) electrons. The number of benzene rings is 1. The Bertz CT molecular complexity index is 652. The number of nitrogens with zero attached hydrogens (tertiary/aromatic N) is 2. The summed E-state index contributed by atoms with van der Waals surface area (Å²) < 4.78 is 5.34. The number of hydrogen-bond donors (Lipinski definition) is 1. The number of oxazole rings is 1. The summed E-state index contributed by atoms with van der Waals surface area (Å²) in [7, 11) is 0. The topological polar surface area (TPSA) is 81.2 Å². The molecule has 1 aliphatic rings. The number of halogens is 1. The van der Waals surface area contributed by atoms with Crippen molar-refractivity contribution in [1.29, 1.82) is 0 Å². The molecule has 1 aromatic carbocycles. The molecule has 0 unspecified atom stereocenters. The maximum Gasteiger partial charge on any atom is 0.283 e. The zero-order chi connectivity index (χ0) is 14.1. The summed E-state index contributed by atoms with van der Waals surface area (Å²) in [6.07, 6.45) is 3.89. The predicted molar refractivity (Wildman–Crippen MR) is 73.5 cm³/mol. The molecule has 7 heteroatoms. The summed E-state index contributed by atoms with van der Waals surface area (Å²) in [5.74, 6) is 0.237. The molecule has 0 aliphatic heterocycles. The number of nitro groups is 1. The summed E-state index contributed by atoms with van der Waals surface area (Å²) in [5, 5.41) is 14.7. The molecule has 6 nitrogen and oxygen atoms in total. The highest BCUT2D eigenvalue weighted by atomic mass is 35.5. The zero-order valence-corrected chi connectivity index (χ0v) is 11.3. The van der Waals surface area contributed by atoms with Crippen LogP contribution in [0, 0.1) is 10.1 Å². The van der Waals surface area contributed by atoms with Gasteiger partial charge in [-0.15, -0.1) is 0 Å². The van der Waals surface area contributed by atoms with Crippen LogP contribution in [0.3, 0.4) is 0 Å². The van der Waals surface area contributed by atoms with Gasteiger partial charge in [-0.1, -0.05) is 11.6 Å². The molecule has 1 aromatic heterocycles. The van der Waals surface area contributed by atoms with Crippen LogP contribution in [0.4, 0.5) is 5.69 Å². The molecular weight excluding hydrogens is 282 g/mol. The Morgan fingerprint density at radius 3 is 3.00 bits per heavy atom. The third-order valence-electron chi connectivity index (χ3n) is 3.09. The van der Waals surface area contributed by atoms with Crippen molar-refractivity contribution in [2.45, 2.75) is 25.4 Å². The van der Waals surface area contributed by atoms with Crippen LogP contribution in [0.1, 0.15) is 18.5 Å². The van der Waals surface area contributed by atoms with Crippen LogP contribution in [0.15, 0.2) is 28.9 Å². The molecule has 3 rings (SSSR count). The first-order chi connectivity index (χ1) is 9.63. The van der Waals surface area contributed by atoms with Crippen LogP contribution >= 0.6 is 11.6 Å². The third-order valence-corrected chi connectivity index (χ3v) is 3.32. The van der Waals surface area contributed by atoms with Crippen LogP contribution in [0.2, 0.25) is 5.02 Å². The van der Waals surface area contributed by atoms with E-state index < -0.39 is 4.92 Å². The van der Waals surface area contributed by atoms with Crippen molar-refractivity contribution >= 4 is 17.3 Å². The van der Waals surface area contributed by atoms with Gasteiger partial charge in [0.05, 0.1) is 10.6 Å². The maximum atomic E-state index is 11.0. The first-order valence-electron chi connectivity index (χ1n) is 6.25. The Kier molecular flexibility index (Phi) is 3.42. The summed E-state index contributed by atoms with van der Waals surface area (Å²) in [6.45, 7) is 0.607. The van der Waals surface area contributed by atoms with Crippen LogP contribution in [0.25, 0.3) is 11.5 Å². The number of nitro benzene ring substituents is 1. The van der Waals surface area contributed by atoms with Gasteiger partial charge >= 0.3 is 0 Å². The van der Waals surface area contributed by atoms with Crippen molar-refractivity contribution in [1.82, 2.24) is 10.3 Å². The van der Waals surface area contributed by atoms with Gasteiger partial charge in [0.2, 0.25) is 5.89 Å². The summed E-state index contributed by atoms with van der Waals surface area (Å²) in [4.78, 5) is 14.8. The number of nitrogens with one attached hydrogen (secondary N) is 1. The fourth-order valence-corrected chi connectivity index (χ4v) is 2.05. The molecule has 1 aliphatic carbocycles. The van der Waals surface area contributed by atoms with E-state index >= 15 is 0 Å². The average Bonchev–Trinajstić information content (AvgIpc) is 3.14. The van der Waals surface area contributed by atoms with Crippen molar-refractivity contribution in [3.63, 3.8) is 0 Å². The Hall–Kier alpha value is -1.92. The molecule has 0 spiro atoms. The summed E-state index contributed by atoms with van der Waals surface area (Å²) in [5.41, 5.74) is 0.953. The molecule has 0 saturated heterocycles. The molecule has 0 amide bonds. The number of aromatic nitrogens is 1. The van der Waals surface area contributed by atoms with Crippen molar-refractivity contribution in [3.8, 4) is 11.5 Å². The van der Waals surface area contributed by atoms with E-state index in [1.807, 2.05) is 0 Å². The van der Waals surface area contributed by atoms with Gasteiger partial charge in [-0.2, -0.15) is 0 Å². The van der Waals surface area contributed by atoms with E-state index in [0.29, 0.717) is 23.2 Å². The molecule has 1 fully saturated rings.